The third-order valence-corrected chi connectivity index (χ3v) is 5.12. The van der Waals surface area contributed by atoms with Gasteiger partial charge in [0.1, 0.15) is 0 Å². The van der Waals surface area contributed by atoms with Gasteiger partial charge in [-0.15, -0.1) is 24.0 Å². The molecule has 2 rings (SSSR count). The van der Waals surface area contributed by atoms with Crippen LogP contribution in [-0.2, 0) is 16.4 Å². The maximum Gasteiger partial charge on any atom is 0.236 e. The number of para-hydroxylation sites is 1. The molecule has 6 nitrogen and oxygen atoms in total. The van der Waals surface area contributed by atoms with E-state index in [1.807, 2.05) is 31.2 Å². The SMILES string of the molecule is CCCN=C(N)NCCS(=O)(=O)N1CCc2ccccc21.I. The minimum Gasteiger partial charge on any atom is -0.370 e. The average molecular weight is 438 g/mol. The molecule has 0 aromatic heterocycles. The molecule has 0 saturated carbocycles. The maximum atomic E-state index is 12.4. The number of benzene rings is 1. The van der Waals surface area contributed by atoms with E-state index in [0.29, 0.717) is 19.0 Å². The fraction of sp³-hybridized carbons (Fsp3) is 0.500. The Hall–Kier alpha value is -1.03. The van der Waals surface area contributed by atoms with Gasteiger partial charge in [0, 0.05) is 19.6 Å². The summed E-state index contributed by atoms with van der Waals surface area (Å²) in [6.07, 6.45) is 1.67. The van der Waals surface area contributed by atoms with Gasteiger partial charge in [-0.1, -0.05) is 25.1 Å². The topological polar surface area (TPSA) is 87.8 Å². The van der Waals surface area contributed by atoms with Crippen LogP contribution < -0.4 is 15.4 Å². The summed E-state index contributed by atoms with van der Waals surface area (Å²) in [5.41, 5.74) is 7.53. The number of hydrogen-bond donors (Lipinski definition) is 2. The molecule has 1 aromatic rings. The molecular weight excluding hydrogens is 415 g/mol. The number of nitrogens with two attached hydrogens (primary N) is 1. The Labute approximate surface area is 149 Å². The van der Waals surface area contributed by atoms with Crippen LogP contribution in [0.3, 0.4) is 0 Å². The summed E-state index contributed by atoms with van der Waals surface area (Å²) in [6.45, 7) is 3.43. The molecule has 0 amide bonds. The van der Waals surface area contributed by atoms with E-state index < -0.39 is 10.0 Å². The van der Waals surface area contributed by atoms with Crippen molar-refractivity contribution in [3.8, 4) is 0 Å². The Morgan fingerprint density at radius 1 is 1.41 bits per heavy atom. The molecule has 1 aliphatic heterocycles. The van der Waals surface area contributed by atoms with Crippen LogP contribution in [-0.4, -0.2) is 39.8 Å². The number of anilines is 1. The molecule has 1 aliphatic rings. The first-order valence-electron chi connectivity index (χ1n) is 7.16. The molecule has 0 atom stereocenters. The molecule has 1 heterocycles. The summed E-state index contributed by atoms with van der Waals surface area (Å²) < 4.78 is 26.3. The lowest BCUT2D eigenvalue weighted by Gasteiger charge is -2.19. The van der Waals surface area contributed by atoms with Gasteiger partial charge in [0.05, 0.1) is 11.4 Å². The standard InChI is InChI=1S/C14H22N4O2S.HI/c1-2-8-16-14(15)17-9-11-21(19,20)18-10-7-12-5-3-4-6-13(12)18;/h3-6H,2,7-11H2,1H3,(H3,15,16,17);1H. The molecule has 0 saturated heterocycles. The van der Waals surface area contributed by atoms with E-state index >= 15 is 0 Å². The fourth-order valence-corrected chi connectivity index (χ4v) is 3.73. The normalized spacial score (nSPS) is 14.4. The van der Waals surface area contributed by atoms with Crippen molar-refractivity contribution >= 4 is 45.6 Å². The number of fused-ring (bicyclic) bond motifs is 1. The zero-order valence-electron chi connectivity index (χ0n) is 12.7. The number of hydrogen-bond acceptors (Lipinski definition) is 3. The molecule has 0 fully saturated rings. The minimum atomic E-state index is -3.33. The van der Waals surface area contributed by atoms with E-state index in [9.17, 15) is 8.42 Å². The summed E-state index contributed by atoms with van der Waals surface area (Å²) in [4.78, 5) is 4.07. The van der Waals surface area contributed by atoms with Crippen molar-refractivity contribution in [1.29, 1.82) is 0 Å². The van der Waals surface area contributed by atoms with Gasteiger partial charge < -0.3 is 11.1 Å². The lowest BCUT2D eigenvalue weighted by molar-refractivity contribution is 0.591. The summed E-state index contributed by atoms with van der Waals surface area (Å²) in [5.74, 6) is 0.304. The van der Waals surface area contributed by atoms with Crippen LogP contribution in [0.15, 0.2) is 29.3 Å². The van der Waals surface area contributed by atoms with E-state index in [1.165, 1.54) is 4.31 Å². The highest BCUT2D eigenvalue weighted by molar-refractivity contribution is 14.0. The Morgan fingerprint density at radius 2 is 2.14 bits per heavy atom. The summed E-state index contributed by atoms with van der Waals surface area (Å²) in [5, 5.41) is 2.84. The largest absolute Gasteiger partial charge is 0.370 e. The van der Waals surface area contributed by atoms with Crippen molar-refractivity contribution < 1.29 is 8.42 Å². The first kappa shape index (κ1) is 19.0. The van der Waals surface area contributed by atoms with Gasteiger partial charge in [0.2, 0.25) is 10.0 Å². The van der Waals surface area contributed by atoms with E-state index in [0.717, 1.165) is 24.1 Å². The second kappa shape index (κ2) is 8.56. The average Bonchev–Trinajstić information content (AvgIpc) is 2.89. The number of guanidine groups is 1. The fourth-order valence-electron chi connectivity index (χ4n) is 2.30. The number of nitrogens with one attached hydrogen (secondary N) is 1. The van der Waals surface area contributed by atoms with Crippen molar-refractivity contribution in [3.05, 3.63) is 29.8 Å². The van der Waals surface area contributed by atoms with Crippen molar-refractivity contribution in [2.75, 3.05) is 29.7 Å². The van der Waals surface area contributed by atoms with Gasteiger partial charge >= 0.3 is 0 Å². The monoisotopic (exact) mass is 438 g/mol. The van der Waals surface area contributed by atoms with Crippen LogP contribution >= 0.6 is 24.0 Å². The quantitative estimate of drug-likeness (QED) is 0.399. The Morgan fingerprint density at radius 3 is 2.86 bits per heavy atom. The van der Waals surface area contributed by atoms with Crippen LogP contribution in [0.5, 0.6) is 0 Å². The van der Waals surface area contributed by atoms with E-state index in [1.54, 1.807) is 0 Å². The zero-order valence-corrected chi connectivity index (χ0v) is 15.8. The predicted octanol–water partition coefficient (Wildman–Crippen LogP) is 1.31. The number of rotatable bonds is 6. The molecule has 0 bridgehead atoms. The molecule has 8 heteroatoms. The number of aliphatic imine (C=N–C) groups is 1. The molecule has 0 radical (unpaired) electrons. The Kier molecular flexibility index (Phi) is 7.40. The lowest BCUT2D eigenvalue weighted by atomic mass is 10.2. The number of sulfonamides is 1. The third kappa shape index (κ3) is 4.73. The van der Waals surface area contributed by atoms with Crippen molar-refractivity contribution in [1.82, 2.24) is 5.32 Å². The Balaban J connectivity index is 0.00000242. The van der Waals surface area contributed by atoms with Gasteiger partial charge in [-0.25, -0.2) is 8.42 Å². The first-order chi connectivity index (χ1) is 10.0. The smallest absolute Gasteiger partial charge is 0.236 e. The summed E-state index contributed by atoms with van der Waals surface area (Å²) in [7, 11) is -3.33. The van der Waals surface area contributed by atoms with Gasteiger partial charge in [-0.3, -0.25) is 9.30 Å². The van der Waals surface area contributed by atoms with Crippen LogP contribution in [0, 0.1) is 0 Å². The zero-order chi connectivity index (χ0) is 15.3. The highest BCUT2D eigenvalue weighted by Crippen LogP contribution is 2.29. The first-order valence-corrected chi connectivity index (χ1v) is 8.77. The number of nitrogens with zero attached hydrogens (tertiary/aromatic N) is 2. The summed E-state index contributed by atoms with van der Waals surface area (Å²) >= 11 is 0. The van der Waals surface area contributed by atoms with E-state index in [-0.39, 0.29) is 36.3 Å². The summed E-state index contributed by atoms with van der Waals surface area (Å²) in [6, 6.07) is 7.62. The molecule has 3 N–H and O–H groups in total. The Bertz CT molecular complexity index is 619. The van der Waals surface area contributed by atoms with Crippen LogP contribution in [0.2, 0.25) is 0 Å². The third-order valence-electron chi connectivity index (χ3n) is 3.35. The van der Waals surface area contributed by atoms with Gasteiger partial charge in [-0.2, -0.15) is 0 Å². The highest BCUT2D eigenvalue weighted by atomic mass is 127. The molecular formula is C14H23IN4O2S. The van der Waals surface area contributed by atoms with Crippen molar-refractivity contribution in [2.45, 2.75) is 19.8 Å². The highest BCUT2D eigenvalue weighted by Gasteiger charge is 2.28. The van der Waals surface area contributed by atoms with Gasteiger partial charge in [0.15, 0.2) is 5.96 Å². The lowest BCUT2D eigenvalue weighted by Crippen LogP contribution is -2.39. The predicted molar refractivity (Wildman–Crippen MR) is 101 cm³/mol. The molecule has 0 spiro atoms. The van der Waals surface area contributed by atoms with Gasteiger partial charge in [0.25, 0.3) is 0 Å². The van der Waals surface area contributed by atoms with E-state index in [2.05, 4.69) is 10.3 Å². The molecule has 1 aromatic carbocycles. The van der Waals surface area contributed by atoms with Crippen LogP contribution in [0.1, 0.15) is 18.9 Å². The molecule has 0 aliphatic carbocycles. The second-order valence-corrected chi connectivity index (χ2v) is 6.97. The van der Waals surface area contributed by atoms with Crippen molar-refractivity contribution in [2.24, 2.45) is 10.7 Å². The number of halogens is 1. The second-order valence-electron chi connectivity index (χ2n) is 4.96. The van der Waals surface area contributed by atoms with Gasteiger partial charge in [-0.05, 0) is 24.5 Å². The van der Waals surface area contributed by atoms with Crippen LogP contribution in [0.25, 0.3) is 0 Å². The van der Waals surface area contributed by atoms with E-state index in [4.69, 9.17) is 5.73 Å². The maximum absolute atomic E-state index is 12.4. The molecule has 124 valence electrons. The molecule has 22 heavy (non-hydrogen) atoms. The van der Waals surface area contributed by atoms with Crippen LogP contribution in [0.4, 0.5) is 5.69 Å². The van der Waals surface area contributed by atoms with Crippen molar-refractivity contribution in [3.63, 3.8) is 0 Å². The molecule has 0 unspecified atom stereocenters. The minimum absolute atomic E-state index is 0.